The fourth-order valence-corrected chi connectivity index (χ4v) is 2.59. The number of halogens is 2. The Balaban J connectivity index is 1.96. The molecule has 0 aromatic heterocycles. The third-order valence-electron chi connectivity index (χ3n) is 3.64. The van der Waals surface area contributed by atoms with Gasteiger partial charge in [0.25, 0.3) is 5.91 Å². The van der Waals surface area contributed by atoms with Gasteiger partial charge in [0, 0.05) is 0 Å². The van der Waals surface area contributed by atoms with E-state index < -0.39 is 24.3 Å². The first kappa shape index (κ1) is 21.3. The van der Waals surface area contributed by atoms with Gasteiger partial charge >= 0.3 is 5.97 Å². The SMILES string of the molecule is COc1cc(CC(=O)OCC(=O)Nc2ccc(F)cc2Cl)cc(OC)c1OC. The summed E-state index contributed by atoms with van der Waals surface area (Å²) >= 11 is 5.83. The number of amides is 1. The monoisotopic (exact) mass is 411 g/mol. The van der Waals surface area contributed by atoms with E-state index in [1.807, 2.05) is 0 Å². The van der Waals surface area contributed by atoms with Gasteiger partial charge in [-0.25, -0.2) is 4.39 Å². The summed E-state index contributed by atoms with van der Waals surface area (Å²) < 4.78 is 33.6. The molecule has 0 bridgehead atoms. The van der Waals surface area contributed by atoms with Gasteiger partial charge in [-0.3, -0.25) is 9.59 Å². The Morgan fingerprint density at radius 3 is 2.21 bits per heavy atom. The van der Waals surface area contributed by atoms with Crippen LogP contribution in [0.3, 0.4) is 0 Å². The topological polar surface area (TPSA) is 83.1 Å². The van der Waals surface area contributed by atoms with Gasteiger partial charge < -0.3 is 24.3 Å². The lowest BCUT2D eigenvalue weighted by Crippen LogP contribution is -2.21. The van der Waals surface area contributed by atoms with Crippen molar-refractivity contribution in [1.82, 2.24) is 0 Å². The van der Waals surface area contributed by atoms with Gasteiger partial charge in [0.1, 0.15) is 5.82 Å². The average Bonchev–Trinajstić information content (AvgIpc) is 2.67. The Morgan fingerprint density at radius 1 is 1.04 bits per heavy atom. The number of nitrogens with one attached hydrogen (secondary N) is 1. The van der Waals surface area contributed by atoms with E-state index in [0.717, 1.165) is 12.1 Å². The van der Waals surface area contributed by atoms with Crippen LogP contribution in [0.25, 0.3) is 0 Å². The van der Waals surface area contributed by atoms with Crippen LogP contribution in [0, 0.1) is 5.82 Å². The first-order valence-corrected chi connectivity index (χ1v) is 8.45. The zero-order valence-electron chi connectivity index (χ0n) is 15.5. The molecule has 2 rings (SSSR count). The Labute approximate surface area is 166 Å². The minimum atomic E-state index is -0.630. The van der Waals surface area contributed by atoms with E-state index in [2.05, 4.69) is 5.32 Å². The summed E-state index contributed by atoms with van der Waals surface area (Å²) in [4.78, 5) is 23.9. The number of esters is 1. The second-order valence-corrected chi connectivity index (χ2v) is 5.95. The highest BCUT2D eigenvalue weighted by atomic mass is 35.5. The predicted octanol–water partition coefficient (Wildman–Crippen LogP) is 3.23. The van der Waals surface area contributed by atoms with Crippen LogP contribution < -0.4 is 19.5 Å². The molecule has 7 nitrogen and oxygen atoms in total. The highest BCUT2D eigenvalue weighted by molar-refractivity contribution is 6.33. The molecule has 0 unspecified atom stereocenters. The number of carbonyl (C=O) groups is 2. The molecule has 2 aromatic carbocycles. The van der Waals surface area contributed by atoms with Gasteiger partial charge in [-0.2, -0.15) is 0 Å². The van der Waals surface area contributed by atoms with Crippen LogP contribution in [0.2, 0.25) is 5.02 Å². The zero-order chi connectivity index (χ0) is 20.7. The second kappa shape index (κ2) is 9.80. The van der Waals surface area contributed by atoms with E-state index in [9.17, 15) is 14.0 Å². The van der Waals surface area contributed by atoms with Crippen molar-refractivity contribution in [1.29, 1.82) is 0 Å². The van der Waals surface area contributed by atoms with Gasteiger partial charge in [-0.05, 0) is 35.9 Å². The maximum absolute atomic E-state index is 13.0. The Bertz CT molecular complexity index is 848. The van der Waals surface area contributed by atoms with Crippen LogP contribution in [-0.4, -0.2) is 39.8 Å². The van der Waals surface area contributed by atoms with Crippen molar-refractivity contribution in [2.45, 2.75) is 6.42 Å². The summed E-state index contributed by atoms with van der Waals surface area (Å²) in [6.45, 7) is -0.517. The summed E-state index contributed by atoms with van der Waals surface area (Å²) in [5, 5.41) is 2.48. The third-order valence-corrected chi connectivity index (χ3v) is 3.96. The molecule has 0 saturated heterocycles. The Morgan fingerprint density at radius 2 is 1.68 bits per heavy atom. The molecule has 1 N–H and O–H groups in total. The average molecular weight is 412 g/mol. The first-order chi connectivity index (χ1) is 13.4. The second-order valence-electron chi connectivity index (χ2n) is 5.54. The molecule has 0 atom stereocenters. The number of ether oxygens (including phenoxy) is 4. The van der Waals surface area contributed by atoms with Gasteiger partial charge in [0.2, 0.25) is 5.75 Å². The number of methoxy groups -OCH3 is 3. The number of carbonyl (C=O) groups excluding carboxylic acids is 2. The van der Waals surface area contributed by atoms with Crippen LogP contribution in [0.5, 0.6) is 17.2 Å². The van der Waals surface area contributed by atoms with Crippen molar-refractivity contribution in [3.05, 3.63) is 46.7 Å². The Kier molecular flexibility index (Phi) is 7.45. The molecule has 0 radical (unpaired) electrons. The van der Waals surface area contributed by atoms with Gasteiger partial charge in [0.15, 0.2) is 18.1 Å². The molecule has 0 heterocycles. The molecule has 0 aliphatic heterocycles. The largest absolute Gasteiger partial charge is 0.493 e. The minimum absolute atomic E-state index is 0.0390. The summed E-state index contributed by atoms with van der Waals surface area (Å²) in [6.07, 6.45) is -0.110. The molecule has 0 saturated carbocycles. The number of hydrogen-bond acceptors (Lipinski definition) is 6. The smallest absolute Gasteiger partial charge is 0.310 e. The molecule has 0 spiro atoms. The zero-order valence-corrected chi connectivity index (χ0v) is 16.3. The van der Waals surface area contributed by atoms with E-state index >= 15 is 0 Å². The summed E-state index contributed by atoms with van der Waals surface area (Å²) in [7, 11) is 4.40. The van der Waals surface area contributed by atoms with Crippen LogP contribution >= 0.6 is 11.6 Å². The van der Waals surface area contributed by atoms with Crippen molar-refractivity contribution in [3.8, 4) is 17.2 Å². The molecule has 1 amide bonds. The maximum atomic E-state index is 13.0. The normalized spacial score (nSPS) is 10.2. The quantitative estimate of drug-likeness (QED) is 0.671. The van der Waals surface area contributed by atoms with Gasteiger partial charge in [-0.15, -0.1) is 0 Å². The summed E-state index contributed by atoms with van der Waals surface area (Å²) in [6, 6.07) is 6.75. The van der Waals surface area contributed by atoms with Crippen LogP contribution in [0.15, 0.2) is 30.3 Å². The number of anilines is 1. The van der Waals surface area contributed by atoms with Crippen molar-refractivity contribution >= 4 is 29.2 Å². The Hall–Kier alpha value is -3.00. The molecule has 150 valence electrons. The molecular formula is C19H19ClFNO6. The van der Waals surface area contributed by atoms with E-state index in [1.165, 1.54) is 27.4 Å². The van der Waals surface area contributed by atoms with Gasteiger partial charge in [-0.1, -0.05) is 11.6 Å². The number of rotatable bonds is 8. The molecule has 28 heavy (non-hydrogen) atoms. The molecule has 9 heteroatoms. The van der Waals surface area contributed by atoms with Crippen LogP contribution in [-0.2, 0) is 20.7 Å². The van der Waals surface area contributed by atoms with Crippen molar-refractivity contribution in [3.63, 3.8) is 0 Å². The summed E-state index contributed by atoms with van der Waals surface area (Å²) in [5.74, 6) is -0.569. The van der Waals surface area contributed by atoms with Crippen molar-refractivity contribution in [2.24, 2.45) is 0 Å². The minimum Gasteiger partial charge on any atom is -0.493 e. The van der Waals surface area contributed by atoms with E-state index in [1.54, 1.807) is 12.1 Å². The molecular weight excluding hydrogens is 393 g/mol. The molecule has 0 fully saturated rings. The van der Waals surface area contributed by atoms with E-state index in [-0.39, 0.29) is 17.1 Å². The number of hydrogen-bond donors (Lipinski definition) is 1. The predicted molar refractivity (Wildman–Crippen MR) is 101 cm³/mol. The first-order valence-electron chi connectivity index (χ1n) is 8.07. The standard InChI is InChI=1S/C19H19ClFNO6/c1-25-15-6-11(7-16(26-2)19(15)27-3)8-18(24)28-10-17(23)22-14-5-4-12(21)9-13(14)20/h4-7,9H,8,10H2,1-3H3,(H,22,23). The highest BCUT2D eigenvalue weighted by Crippen LogP contribution is 2.38. The lowest BCUT2D eigenvalue weighted by molar-refractivity contribution is -0.146. The fraction of sp³-hybridized carbons (Fsp3) is 0.263. The van der Waals surface area contributed by atoms with E-state index in [0.29, 0.717) is 22.8 Å². The lowest BCUT2D eigenvalue weighted by atomic mass is 10.1. The molecule has 2 aromatic rings. The van der Waals surface area contributed by atoms with E-state index in [4.69, 9.17) is 30.5 Å². The molecule has 0 aliphatic carbocycles. The maximum Gasteiger partial charge on any atom is 0.310 e. The summed E-state index contributed by atoms with van der Waals surface area (Å²) in [5.41, 5.74) is 0.773. The van der Waals surface area contributed by atoms with Crippen molar-refractivity contribution in [2.75, 3.05) is 33.3 Å². The van der Waals surface area contributed by atoms with Crippen LogP contribution in [0.1, 0.15) is 5.56 Å². The highest BCUT2D eigenvalue weighted by Gasteiger charge is 2.16. The third kappa shape index (κ3) is 5.50. The van der Waals surface area contributed by atoms with Gasteiger partial charge in [0.05, 0.1) is 38.5 Å². The lowest BCUT2D eigenvalue weighted by Gasteiger charge is -2.14. The number of benzene rings is 2. The molecule has 0 aliphatic rings. The fourth-order valence-electron chi connectivity index (χ4n) is 2.38. The van der Waals surface area contributed by atoms with Crippen molar-refractivity contribution < 1.29 is 32.9 Å². The van der Waals surface area contributed by atoms with Crippen LogP contribution in [0.4, 0.5) is 10.1 Å².